The van der Waals surface area contributed by atoms with Crippen LogP contribution in [-0.2, 0) is 17.9 Å². The third-order valence-corrected chi connectivity index (χ3v) is 4.53. The summed E-state index contributed by atoms with van der Waals surface area (Å²) >= 11 is 0. The number of ether oxygens (including phenoxy) is 1. The van der Waals surface area contributed by atoms with E-state index in [2.05, 4.69) is 31.3 Å². The number of hydrogen-bond donors (Lipinski definition) is 1. The lowest BCUT2D eigenvalue weighted by atomic mass is 10.0. The van der Waals surface area contributed by atoms with E-state index in [1.807, 2.05) is 37.3 Å². The monoisotopic (exact) mass is 412 g/mol. The number of anilines is 1. The largest absolute Gasteiger partial charge is 0.378 e. The Balaban J connectivity index is 1.63. The van der Waals surface area contributed by atoms with Crippen molar-refractivity contribution in [2.24, 2.45) is 0 Å². The molecule has 154 valence electrons. The van der Waals surface area contributed by atoms with Crippen molar-refractivity contribution in [3.8, 4) is 28.7 Å². The van der Waals surface area contributed by atoms with Gasteiger partial charge in [0.1, 0.15) is 5.69 Å². The minimum Gasteiger partial charge on any atom is -0.378 e. The highest BCUT2D eigenvalue weighted by molar-refractivity contribution is 5.68. The maximum atomic E-state index is 9.25. The summed E-state index contributed by atoms with van der Waals surface area (Å²) in [5, 5.41) is 17.7. The fourth-order valence-corrected chi connectivity index (χ4v) is 3.25. The molecular formula is C22H20N8O. The van der Waals surface area contributed by atoms with E-state index in [0.29, 0.717) is 35.8 Å². The molecule has 0 radical (unpaired) electrons. The fourth-order valence-electron chi connectivity index (χ4n) is 3.25. The molecule has 3 heterocycles. The number of hydrogen-bond acceptors (Lipinski definition) is 8. The van der Waals surface area contributed by atoms with Crippen LogP contribution in [0.25, 0.3) is 22.6 Å². The van der Waals surface area contributed by atoms with Crippen LogP contribution in [0, 0.1) is 18.3 Å². The topological polar surface area (TPSA) is 128 Å². The van der Waals surface area contributed by atoms with Gasteiger partial charge in [0.05, 0.1) is 53.8 Å². The maximum absolute atomic E-state index is 9.25. The quantitative estimate of drug-likeness (QED) is 0.512. The summed E-state index contributed by atoms with van der Waals surface area (Å²) in [4.78, 5) is 13.2. The van der Waals surface area contributed by atoms with Gasteiger partial charge in [-0.15, -0.1) is 5.10 Å². The number of methoxy groups -OCH3 is 1. The highest BCUT2D eigenvalue weighted by atomic mass is 16.5. The predicted molar refractivity (Wildman–Crippen MR) is 114 cm³/mol. The standard InChI is InChI=1S/C22H20N8O/c1-14-6-15(10-23)8-16(7-14)19-9-20(27-22(24)26-19)21-12-30(29-28-21)11-17-4-3-5-18(25-17)13-31-2/h3-9,12H,11,13H2,1-2H3,(H2,24,26,27). The lowest BCUT2D eigenvalue weighted by molar-refractivity contribution is 0.181. The molecule has 9 nitrogen and oxygen atoms in total. The Morgan fingerprint density at radius 2 is 1.84 bits per heavy atom. The minimum atomic E-state index is 0.121. The smallest absolute Gasteiger partial charge is 0.221 e. The zero-order valence-corrected chi connectivity index (χ0v) is 17.1. The molecule has 31 heavy (non-hydrogen) atoms. The summed E-state index contributed by atoms with van der Waals surface area (Å²) in [5.74, 6) is 0.121. The molecule has 4 rings (SSSR count). The zero-order valence-electron chi connectivity index (χ0n) is 17.1. The second-order valence-corrected chi connectivity index (χ2v) is 7.05. The van der Waals surface area contributed by atoms with Gasteiger partial charge in [-0.3, -0.25) is 4.98 Å². The first-order valence-corrected chi connectivity index (χ1v) is 9.55. The van der Waals surface area contributed by atoms with Crippen LogP contribution in [-0.4, -0.2) is 37.1 Å². The van der Waals surface area contributed by atoms with Gasteiger partial charge in [0.25, 0.3) is 0 Å². The van der Waals surface area contributed by atoms with Crippen LogP contribution in [0.3, 0.4) is 0 Å². The van der Waals surface area contributed by atoms with E-state index in [1.54, 1.807) is 30.1 Å². The molecule has 0 spiro atoms. The first-order chi connectivity index (χ1) is 15.0. The van der Waals surface area contributed by atoms with Gasteiger partial charge in [0.15, 0.2) is 0 Å². The van der Waals surface area contributed by atoms with Crippen molar-refractivity contribution in [2.45, 2.75) is 20.1 Å². The second-order valence-electron chi connectivity index (χ2n) is 7.05. The Bertz CT molecular complexity index is 1270. The lowest BCUT2D eigenvalue weighted by Crippen LogP contribution is -2.04. The van der Waals surface area contributed by atoms with Gasteiger partial charge < -0.3 is 10.5 Å². The van der Waals surface area contributed by atoms with Gasteiger partial charge >= 0.3 is 0 Å². The molecule has 2 N–H and O–H groups in total. The fraction of sp³-hybridized carbons (Fsp3) is 0.182. The summed E-state index contributed by atoms with van der Waals surface area (Å²) in [6.07, 6.45) is 1.78. The van der Waals surface area contributed by atoms with E-state index in [1.165, 1.54) is 0 Å². The van der Waals surface area contributed by atoms with Crippen molar-refractivity contribution in [1.29, 1.82) is 5.26 Å². The Morgan fingerprint density at radius 3 is 2.65 bits per heavy atom. The molecule has 0 unspecified atom stereocenters. The van der Waals surface area contributed by atoms with Gasteiger partial charge in [-0.2, -0.15) is 5.26 Å². The van der Waals surface area contributed by atoms with Gasteiger partial charge in [-0.05, 0) is 48.9 Å². The van der Waals surface area contributed by atoms with Gasteiger partial charge in [0, 0.05) is 12.7 Å². The number of nitriles is 1. The molecule has 0 aliphatic rings. The number of benzene rings is 1. The number of aromatic nitrogens is 6. The van der Waals surface area contributed by atoms with Crippen molar-refractivity contribution in [1.82, 2.24) is 29.9 Å². The Labute approximate surface area is 179 Å². The molecule has 3 aromatic heterocycles. The van der Waals surface area contributed by atoms with Crippen LogP contribution in [0.4, 0.5) is 5.95 Å². The first kappa shape index (κ1) is 20.1. The van der Waals surface area contributed by atoms with Crippen molar-refractivity contribution in [3.05, 3.63) is 71.2 Å². The van der Waals surface area contributed by atoms with Crippen LogP contribution >= 0.6 is 0 Å². The molecule has 0 bridgehead atoms. The van der Waals surface area contributed by atoms with Crippen LogP contribution < -0.4 is 5.73 Å². The predicted octanol–water partition coefficient (Wildman–Crippen LogP) is 2.75. The first-order valence-electron chi connectivity index (χ1n) is 9.55. The molecule has 0 fully saturated rings. The summed E-state index contributed by atoms with van der Waals surface area (Å²) in [6, 6.07) is 15.3. The average Bonchev–Trinajstić information content (AvgIpc) is 3.22. The van der Waals surface area contributed by atoms with Crippen LogP contribution in [0.2, 0.25) is 0 Å². The highest BCUT2D eigenvalue weighted by Crippen LogP contribution is 2.25. The third-order valence-electron chi connectivity index (χ3n) is 4.53. The molecule has 0 atom stereocenters. The van der Waals surface area contributed by atoms with E-state index < -0.39 is 0 Å². The average molecular weight is 412 g/mol. The molecular weight excluding hydrogens is 392 g/mol. The molecule has 9 heteroatoms. The number of nitrogens with two attached hydrogens (primary N) is 1. The van der Waals surface area contributed by atoms with E-state index >= 15 is 0 Å². The molecule has 0 amide bonds. The molecule has 0 saturated carbocycles. The third kappa shape index (κ3) is 4.71. The Morgan fingerprint density at radius 1 is 1.03 bits per heavy atom. The maximum Gasteiger partial charge on any atom is 0.221 e. The summed E-state index contributed by atoms with van der Waals surface area (Å²) in [6.45, 7) is 2.84. The molecule has 0 aliphatic heterocycles. The number of nitrogen functional groups attached to an aromatic ring is 1. The summed E-state index contributed by atoms with van der Waals surface area (Å²) < 4.78 is 6.82. The van der Waals surface area contributed by atoms with Gasteiger partial charge in [0.2, 0.25) is 5.95 Å². The zero-order chi connectivity index (χ0) is 21.8. The summed E-state index contributed by atoms with van der Waals surface area (Å²) in [7, 11) is 1.64. The second kappa shape index (κ2) is 8.69. The lowest BCUT2D eigenvalue weighted by Gasteiger charge is -2.06. The molecule has 0 aliphatic carbocycles. The number of pyridine rings is 1. The SMILES string of the molecule is COCc1cccc(Cn2cc(-c3cc(-c4cc(C)cc(C#N)c4)nc(N)n3)nn2)n1. The summed E-state index contributed by atoms with van der Waals surface area (Å²) in [5.41, 5.74) is 11.7. The van der Waals surface area contributed by atoms with E-state index in [4.69, 9.17) is 10.5 Å². The van der Waals surface area contributed by atoms with Crippen molar-refractivity contribution >= 4 is 5.95 Å². The number of aryl methyl sites for hydroxylation is 1. The molecule has 0 saturated heterocycles. The number of rotatable bonds is 6. The van der Waals surface area contributed by atoms with Crippen LogP contribution in [0.1, 0.15) is 22.5 Å². The Kier molecular flexibility index (Phi) is 5.64. The van der Waals surface area contributed by atoms with Crippen LogP contribution in [0.5, 0.6) is 0 Å². The van der Waals surface area contributed by atoms with Crippen molar-refractivity contribution in [2.75, 3.05) is 12.8 Å². The van der Waals surface area contributed by atoms with Crippen molar-refractivity contribution < 1.29 is 4.74 Å². The minimum absolute atomic E-state index is 0.121. The van der Waals surface area contributed by atoms with E-state index in [0.717, 1.165) is 22.5 Å². The Hall–Kier alpha value is -4.16. The van der Waals surface area contributed by atoms with Gasteiger partial charge in [-0.25, -0.2) is 14.6 Å². The van der Waals surface area contributed by atoms with E-state index in [9.17, 15) is 5.26 Å². The molecule has 4 aromatic rings. The van der Waals surface area contributed by atoms with Crippen LogP contribution in [0.15, 0.2) is 48.7 Å². The molecule has 1 aromatic carbocycles. The van der Waals surface area contributed by atoms with E-state index in [-0.39, 0.29) is 5.95 Å². The number of nitrogens with zero attached hydrogens (tertiary/aromatic N) is 7. The van der Waals surface area contributed by atoms with Gasteiger partial charge in [-0.1, -0.05) is 11.3 Å². The highest BCUT2D eigenvalue weighted by Gasteiger charge is 2.12. The van der Waals surface area contributed by atoms with Crippen molar-refractivity contribution in [3.63, 3.8) is 0 Å². The normalized spacial score (nSPS) is 10.7.